The lowest BCUT2D eigenvalue weighted by Gasteiger charge is -2.03. The Labute approximate surface area is 97.3 Å². The molecule has 4 heteroatoms. The molecule has 1 aromatic carbocycles. The highest BCUT2D eigenvalue weighted by Crippen LogP contribution is 2.24. The number of benzene rings is 1. The maximum absolute atomic E-state index is 10.8. The first-order chi connectivity index (χ1) is 7.68. The number of halogens is 1. The van der Waals surface area contributed by atoms with Gasteiger partial charge in [0.1, 0.15) is 0 Å². The predicted molar refractivity (Wildman–Crippen MR) is 61.6 cm³/mol. The van der Waals surface area contributed by atoms with Crippen molar-refractivity contribution < 1.29 is 9.90 Å². The second-order valence-corrected chi connectivity index (χ2v) is 3.65. The number of pyridine rings is 1. The van der Waals surface area contributed by atoms with Gasteiger partial charge in [-0.15, -0.1) is 0 Å². The van der Waals surface area contributed by atoms with Gasteiger partial charge < -0.3 is 5.11 Å². The first-order valence-electron chi connectivity index (χ1n) is 4.62. The average Bonchev–Trinajstić information content (AvgIpc) is 2.29. The Bertz CT molecular complexity index is 526. The van der Waals surface area contributed by atoms with Gasteiger partial charge in [0.15, 0.2) is 0 Å². The van der Waals surface area contributed by atoms with Crippen LogP contribution in [0.1, 0.15) is 10.4 Å². The highest BCUT2D eigenvalue weighted by atomic mass is 35.5. The smallest absolute Gasteiger partial charge is 0.337 e. The molecular weight excluding hydrogens is 226 g/mol. The normalized spacial score (nSPS) is 10.1. The van der Waals surface area contributed by atoms with Gasteiger partial charge in [-0.2, -0.15) is 0 Å². The van der Waals surface area contributed by atoms with Crippen molar-refractivity contribution in [1.29, 1.82) is 0 Å². The van der Waals surface area contributed by atoms with Crippen LogP contribution in [0.25, 0.3) is 11.1 Å². The molecule has 3 nitrogen and oxygen atoms in total. The summed E-state index contributed by atoms with van der Waals surface area (Å²) in [5.41, 5.74) is 1.86. The third-order valence-electron chi connectivity index (χ3n) is 2.19. The van der Waals surface area contributed by atoms with Gasteiger partial charge in [-0.1, -0.05) is 23.7 Å². The monoisotopic (exact) mass is 233 g/mol. The zero-order valence-corrected chi connectivity index (χ0v) is 8.98. The first kappa shape index (κ1) is 10.6. The van der Waals surface area contributed by atoms with Crippen LogP contribution in [0.3, 0.4) is 0 Å². The molecule has 0 spiro atoms. The van der Waals surface area contributed by atoms with Gasteiger partial charge in [-0.3, -0.25) is 4.98 Å². The Morgan fingerprint density at radius 1 is 1.25 bits per heavy atom. The van der Waals surface area contributed by atoms with E-state index in [0.29, 0.717) is 0 Å². The van der Waals surface area contributed by atoms with E-state index in [0.717, 1.165) is 11.1 Å². The second-order valence-electron chi connectivity index (χ2n) is 3.24. The van der Waals surface area contributed by atoms with Gasteiger partial charge in [0, 0.05) is 18.0 Å². The molecule has 1 heterocycles. The SMILES string of the molecule is O=C(O)c1ccc(-c2cccnc2)cc1Cl. The van der Waals surface area contributed by atoms with Crippen molar-refractivity contribution in [2.45, 2.75) is 0 Å². The summed E-state index contributed by atoms with van der Waals surface area (Å²) in [5.74, 6) is -1.03. The van der Waals surface area contributed by atoms with Crippen LogP contribution < -0.4 is 0 Å². The largest absolute Gasteiger partial charge is 0.478 e. The fraction of sp³-hybridized carbons (Fsp3) is 0. The number of nitrogens with zero attached hydrogens (tertiary/aromatic N) is 1. The van der Waals surface area contributed by atoms with Crippen LogP contribution in [0.4, 0.5) is 0 Å². The Balaban J connectivity index is 2.46. The molecule has 0 atom stereocenters. The molecule has 2 rings (SSSR count). The quantitative estimate of drug-likeness (QED) is 0.867. The lowest BCUT2D eigenvalue weighted by Crippen LogP contribution is -1.97. The molecule has 80 valence electrons. The van der Waals surface area contributed by atoms with E-state index in [4.69, 9.17) is 16.7 Å². The summed E-state index contributed by atoms with van der Waals surface area (Å²) in [5, 5.41) is 9.06. The van der Waals surface area contributed by atoms with E-state index in [-0.39, 0.29) is 10.6 Å². The molecule has 16 heavy (non-hydrogen) atoms. The molecule has 0 bridgehead atoms. The highest BCUT2D eigenvalue weighted by molar-refractivity contribution is 6.33. The summed E-state index contributed by atoms with van der Waals surface area (Å²) in [6.07, 6.45) is 3.38. The van der Waals surface area contributed by atoms with Crippen LogP contribution in [0.2, 0.25) is 5.02 Å². The van der Waals surface area contributed by atoms with Crippen molar-refractivity contribution in [2.75, 3.05) is 0 Å². The standard InChI is InChI=1S/C12H8ClNO2/c13-11-6-8(3-4-10(11)12(15)16)9-2-1-5-14-7-9/h1-7H,(H,15,16). The molecule has 0 saturated heterocycles. The highest BCUT2D eigenvalue weighted by Gasteiger charge is 2.09. The molecule has 0 radical (unpaired) electrons. The summed E-state index contributed by atoms with van der Waals surface area (Å²) in [6.45, 7) is 0. The summed E-state index contributed by atoms with van der Waals surface area (Å²) >= 11 is 5.87. The van der Waals surface area contributed by atoms with Gasteiger partial charge in [0.05, 0.1) is 10.6 Å². The summed E-state index contributed by atoms with van der Waals surface area (Å²) in [4.78, 5) is 14.8. The van der Waals surface area contributed by atoms with Crippen LogP contribution in [-0.4, -0.2) is 16.1 Å². The lowest BCUT2D eigenvalue weighted by atomic mass is 10.1. The number of carboxylic acid groups (broad SMARTS) is 1. The topological polar surface area (TPSA) is 50.2 Å². The Morgan fingerprint density at radius 2 is 2.06 bits per heavy atom. The van der Waals surface area contributed by atoms with E-state index in [2.05, 4.69) is 4.98 Å². The molecule has 2 aromatic rings. The number of carboxylic acids is 1. The molecule has 0 saturated carbocycles. The molecule has 0 aliphatic carbocycles. The van der Waals surface area contributed by atoms with E-state index in [1.54, 1.807) is 24.5 Å². The molecule has 0 amide bonds. The van der Waals surface area contributed by atoms with Gasteiger partial charge in [-0.25, -0.2) is 4.79 Å². The minimum Gasteiger partial charge on any atom is -0.478 e. The fourth-order valence-electron chi connectivity index (χ4n) is 1.40. The number of aromatic nitrogens is 1. The zero-order valence-electron chi connectivity index (χ0n) is 8.22. The van der Waals surface area contributed by atoms with Crippen molar-refractivity contribution in [3.05, 3.63) is 53.3 Å². The Kier molecular flexibility index (Phi) is 2.88. The molecule has 0 unspecified atom stereocenters. The van der Waals surface area contributed by atoms with Gasteiger partial charge >= 0.3 is 5.97 Å². The Hall–Kier alpha value is -1.87. The molecular formula is C12H8ClNO2. The maximum Gasteiger partial charge on any atom is 0.337 e. The maximum atomic E-state index is 10.8. The number of hydrogen-bond donors (Lipinski definition) is 1. The van der Waals surface area contributed by atoms with Crippen molar-refractivity contribution in [2.24, 2.45) is 0 Å². The summed E-state index contributed by atoms with van der Waals surface area (Å²) < 4.78 is 0. The molecule has 1 aromatic heterocycles. The molecule has 0 aliphatic rings. The number of rotatable bonds is 2. The molecule has 0 aliphatic heterocycles. The lowest BCUT2D eigenvalue weighted by molar-refractivity contribution is 0.0697. The predicted octanol–water partition coefficient (Wildman–Crippen LogP) is 3.10. The minimum absolute atomic E-state index is 0.106. The van der Waals surface area contributed by atoms with Crippen LogP contribution in [-0.2, 0) is 0 Å². The van der Waals surface area contributed by atoms with Gasteiger partial charge in [0.25, 0.3) is 0 Å². The van der Waals surface area contributed by atoms with Crippen molar-refractivity contribution in [1.82, 2.24) is 4.98 Å². The fourth-order valence-corrected chi connectivity index (χ4v) is 1.66. The third kappa shape index (κ3) is 2.04. The average molecular weight is 234 g/mol. The Morgan fingerprint density at radius 3 is 2.62 bits per heavy atom. The van der Waals surface area contributed by atoms with Crippen molar-refractivity contribution in [3.63, 3.8) is 0 Å². The summed E-state index contributed by atoms with van der Waals surface area (Å²) in [6, 6.07) is 8.54. The van der Waals surface area contributed by atoms with Gasteiger partial charge in [-0.05, 0) is 23.8 Å². The third-order valence-corrected chi connectivity index (χ3v) is 2.51. The number of carbonyl (C=O) groups is 1. The van der Waals surface area contributed by atoms with E-state index in [9.17, 15) is 4.79 Å². The minimum atomic E-state index is -1.03. The van der Waals surface area contributed by atoms with Crippen molar-refractivity contribution in [3.8, 4) is 11.1 Å². The van der Waals surface area contributed by atoms with E-state index in [1.165, 1.54) is 6.07 Å². The number of hydrogen-bond acceptors (Lipinski definition) is 2. The van der Waals surface area contributed by atoms with Crippen LogP contribution in [0.15, 0.2) is 42.7 Å². The van der Waals surface area contributed by atoms with Crippen LogP contribution in [0.5, 0.6) is 0 Å². The van der Waals surface area contributed by atoms with E-state index >= 15 is 0 Å². The molecule has 1 N–H and O–H groups in total. The van der Waals surface area contributed by atoms with E-state index in [1.807, 2.05) is 12.1 Å². The summed E-state index contributed by atoms with van der Waals surface area (Å²) in [7, 11) is 0. The van der Waals surface area contributed by atoms with Crippen LogP contribution in [0, 0.1) is 0 Å². The zero-order chi connectivity index (χ0) is 11.5. The van der Waals surface area contributed by atoms with Gasteiger partial charge in [0.2, 0.25) is 0 Å². The van der Waals surface area contributed by atoms with E-state index < -0.39 is 5.97 Å². The van der Waals surface area contributed by atoms with Crippen LogP contribution >= 0.6 is 11.6 Å². The molecule has 0 fully saturated rings. The number of aromatic carboxylic acids is 1. The second kappa shape index (κ2) is 4.33. The first-order valence-corrected chi connectivity index (χ1v) is 4.99. The van der Waals surface area contributed by atoms with Crippen molar-refractivity contribution >= 4 is 17.6 Å².